The van der Waals surface area contributed by atoms with Crippen LogP contribution in [0.1, 0.15) is 31.3 Å². The van der Waals surface area contributed by atoms with E-state index in [1.54, 1.807) is 11.3 Å². The molecule has 2 N–H and O–H groups in total. The second-order valence-corrected chi connectivity index (χ2v) is 5.91. The van der Waals surface area contributed by atoms with Crippen molar-refractivity contribution in [3.8, 4) is 0 Å². The van der Waals surface area contributed by atoms with Gasteiger partial charge in [0.2, 0.25) is 0 Å². The summed E-state index contributed by atoms with van der Waals surface area (Å²) in [7, 11) is 0. The second kappa shape index (κ2) is 6.70. The van der Waals surface area contributed by atoms with Gasteiger partial charge in [-0.1, -0.05) is 0 Å². The van der Waals surface area contributed by atoms with Crippen molar-refractivity contribution in [3.63, 3.8) is 0 Å². The second-order valence-electron chi connectivity index (χ2n) is 4.97. The number of hydrogen-bond donors (Lipinski definition) is 2. The summed E-state index contributed by atoms with van der Waals surface area (Å²) in [5.41, 5.74) is 2.45. The Kier molecular flexibility index (Phi) is 5.55. The molecule has 0 radical (unpaired) electrons. The van der Waals surface area contributed by atoms with Gasteiger partial charge >= 0.3 is 6.09 Å². The van der Waals surface area contributed by atoms with Crippen LogP contribution in [0.3, 0.4) is 0 Å². The highest BCUT2D eigenvalue weighted by Crippen LogP contribution is 2.10. The van der Waals surface area contributed by atoms with Gasteiger partial charge in [-0.3, -0.25) is 0 Å². The summed E-state index contributed by atoms with van der Waals surface area (Å²) in [5.74, 6) is 0. The first-order valence-electron chi connectivity index (χ1n) is 5.95. The fourth-order valence-corrected chi connectivity index (χ4v) is 2.01. The SMILES string of the molecule is Cc1ncsc1CNCCNC(=O)OC(C)(C)C. The monoisotopic (exact) mass is 271 g/mol. The van der Waals surface area contributed by atoms with E-state index >= 15 is 0 Å². The fraction of sp³-hybridized carbons (Fsp3) is 0.667. The molecule has 0 aromatic carbocycles. The minimum absolute atomic E-state index is 0.377. The van der Waals surface area contributed by atoms with Gasteiger partial charge in [0.05, 0.1) is 11.2 Å². The molecule has 1 aromatic heterocycles. The number of alkyl carbamates (subject to hydrolysis) is 1. The average molecular weight is 271 g/mol. The first-order valence-corrected chi connectivity index (χ1v) is 6.83. The van der Waals surface area contributed by atoms with Gasteiger partial charge in [0, 0.05) is 24.5 Å². The van der Waals surface area contributed by atoms with E-state index in [2.05, 4.69) is 15.6 Å². The molecule has 0 bridgehead atoms. The summed E-state index contributed by atoms with van der Waals surface area (Å²) in [6.45, 7) is 9.56. The molecule has 0 fully saturated rings. The topological polar surface area (TPSA) is 63.2 Å². The molecule has 0 atom stereocenters. The molecule has 0 aliphatic carbocycles. The first kappa shape index (κ1) is 14.9. The summed E-state index contributed by atoms with van der Waals surface area (Å²) < 4.78 is 5.12. The molecule has 0 saturated carbocycles. The Labute approximate surface area is 112 Å². The van der Waals surface area contributed by atoms with Crippen LogP contribution in [0.4, 0.5) is 4.79 Å². The van der Waals surface area contributed by atoms with Gasteiger partial charge in [-0.2, -0.15) is 0 Å². The third-order valence-corrected chi connectivity index (χ3v) is 3.04. The van der Waals surface area contributed by atoms with Gasteiger partial charge in [0.25, 0.3) is 0 Å². The molecular weight excluding hydrogens is 250 g/mol. The highest BCUT2D eigenvalue weighted by molar-refractivity contribution is 7.09. The molecule has 6 heteroatoms. The van der Waals surface area contributed by atoms with Crippen molar-refractivity contribution in [1.29, 1.82) is 0 Å². The average Bonchev–Trinajstić information content (AvgIpc) is 2.61. The van der Waals surface area contributed by atoms with Crippen LogP contribution in [-0.4, -0.2) is 29.8 Å². The normalized spacial score (nSPS) is 11.3. The lowest BCUT2D eigenvalue weighted by atomic mass is 10.2. The zero-order valence-electron chi connectivity index (χ0n) is 11.4. The number of carbonyl (C=O) groups is 1. The van der Waals surface area contributed by atoms with Crippen LogP contribution in [0.2, 0.25) is 0 Å². The molecule has 1 aromatic rings. The minimum atomic E-state index is -0.447. The number of aromatic nitrogens is 1. The van der Waals surface area contributed by atoms with E-state index in [4.69, 9.17) is 4.74 Å². The van der Waals surface area contributed by atoms with Crippen molar-refractivity contribution in [2.24, 2.45) is 0 Å². The predicted molar refractivity (Wildman–Crippen MR) is 72.8 cm³/mol. The number of hydrogen-bond acceptors (Lipinski definition) is 5. The van der Waals surface area contributed by atoms with E-state index < -0.39 is 5.60 Å². The lowest BCUT2D eigenvalue weighted by molar-refractivity contribution is 0.0528. The highest BCUT2D eigenvalue weighted by atomic mass is 32.1. The largest absolute Gasteiger partial charge is 0.444 e. The number of nitrogens with one attached hydrogen (secondary N) is 2. The molecule has 0 unspecified atom stereocenters. The quantitative estimate of drug-likeness (QED) is 0.805. The van der Waals surface area contributed by atoms with Crippen molar-refractivity contribution in [3.05, 3.63) is 16.1 Å². The predicted octanol–water partition coefficient (Wildman–Crippen LogP) is 2.07. The summed E-state index contributed by atoms with van der Waals surface area (Å²) in [4.78, 5) is 16.7. The molecule has 102 valence electrons. The summed E-state index contributed by atoms with van der Waals surface area (Å²) in [6, 6.07) is 0. The van der Waals surface area contributed by atoms with Gasteiger partial charge in [0.15, 0.2) is 0 Å². The van der Waals surface area contributed by atoms with E-state index in [9.17, 15) is 4.79 Å². The number of rotatable bonds is 5. The molecule has 1 rings (SSSR count). The van der Waals surface area contributed by atoms with Crippen molar-refractivity contribution >= 4 is 17.4 Å². The number of carbonyl (C=O) groups excluding carboxylic acids is 1. The smallest absolute Gasteiger partial charge is 0.407 e. The number of ether oxygens (including phenoxy) is 1. The van der Waals surface area contributed by atoms with Gasteiger partial charge in [-0.15, -0.1) is 11.3 Å². The maximum absolute atomic E-state index is 11.3. The first-order chi connectivity index (χ1) is 8.38. The summed E-state index contributed by atoms with van der Waals surface area (Å²) >= 11 is 1.64. The van der Waals surface area contributed by atoms with Crippen molar-refractivity contribution in [2.45, 2.75) is 39.8 Å². The van der Waals surface area contributed by atoms with E-state index in [1.807, 2.05) is 33.2 Å². The molecule has 0 aliphatic rings. The maximum Gasteiger partial charge on any atom is 0.407 e. The third-order valence-electron chi connectivity index (χ3n) is 2.10. The van der Waals surface area contributed by atoms with E-state index in [1.165, 1.54) is 4.88 Å². The van der Waals surface area contributed by atoms with Crippen molar-refractivity contribution < 1.29 is 9.53 Å². The lowest BCUT2D eigenvalue weighted by Gasteiger charge is -2.19. The van der Waals surface area contributed by atoms with Crippen molar-refractivity contribution in [2.75, 3.05) is 13.1 Å². The maximum atomic E-state index is 11.3. The van der Waals surface area contributed by atoms with E-state index in [0.717, 1.165) is 12.2 Å². The minimum Gasteiger partial charge on any atom is -0.444 e. The zero-order chi connectivity index (χ0) is 13.6. The van der Waals surface area contributed by atoms with Gasteiger partial charge in [-0.25, -0.2) is 9.78 Å². The molecule has 5 nitrogen and oxygen atoms in total. The molecule has 18 heavy (non-hydrogen) atoms. The number of aryl methyl sites for hydroxylation is 1. The van der Waals surface area contributed by atoms with Gasteiger partial charge in [-0.05, 0) is 27.7 Å². The van der Waals surface area contributed by atoms with Crippen LogP contribution >= 0.6 is 11.3 Å². The Morgan fingerprint density at radius 3 is 2.72 bits per heavy atom. The molecule has 0 saturated heterocycles. The fourth-order valence-electron chi connectivity index (χ4n) is 1.26. The molecule has 0 aliphatic heterocycles. The Morgan fingerprint density at radius 2 is 2.17 bits per heavy atom. The van der Waals surface area contributed by atoms with Crippen LogP contribution in [0.25, 0.3) is 0 Å². The van der Waals surface area contributed by atoms with Crippen LogP contribution in [0.15, 0.2) is 5.51 Å². The highest BCUT2D eigenvalue weighted by Gasteiger charge is 2.15. The standard InChI is InChI=1S/C12H21N3O2S/c1-9-10(18-8-15-9)7-13-5-6-14-11(16)17-12(2,3)4/h8,13H,5-7H2,1-4H3,(H,14,16). The number of amides is 1. The van der Waals surface area contributed by atoms with Crippen LogP contribution < -0.4 is 10.6 Å². The van der Waals surface area contributed by atoms with E-state index in [-0.39, 0.29) is 6.09 Å². The Hall–Kier alpha value is -1.14. The summed E-state index contributed by atoms with van der Waals surface area (Å²) in [6.07, 6.45) is -0.377. The van der Waals surface area contributed by atoms with Crippen LogP contribution in [0, 0.1) is 6.92 Å². The summed E-state index contributed by atoms with van der Waals surface area (Å²) in [5, 5.41) is 5.94. The van der Waals surface area contributed by atoms with E-state index in [0.29, 0.717) is 13.1 Å². The number of nitrogens with zero attached hydrogens (tertiary/aromatic N) is 1. The Bertz CT molecular complexity index is 385. The van der Waals surface area contributed by atoms with Gasteiger partial charge < -0.3 is 15.4 Å². The van der Waals surface area contributed by atoms with Gasteiger partial charge in [0.1, 0.15) is 5.60 Å². The molecular formula is C12H21N3O2S. The van der Waals surface area contributed by atoms with Crippen LogP contribution in [0.5, 0.6) is 0 Å². The van der Waals surface area contributed by atoms with Crippen LogP contribution in [-0.2, 0) is 11.3 Å². The molecule has 1 heterocycles. The van der Waals surface area contributed by atoms with Crippen molar-refractivity contribution in [1.82, 2.24) is 15.6 Å². The Morgan fingerprint density at radius 1 is 1.44 bits per heavy atom. The molecule has 0 spiro atoms. The molecule has 1 amide bonds. The Balaban J connectivity index is 2.09. The number of thiazole rings is 1. The lowest BCUT2D eigenvalue weighted by Crippen LogP contribution is -2.36. The zero-order valence-corrected chi connectivity index (χ0v) is 12.2. The third kappa shape index (κ3) is 5.97.